The highest BCUT2D eigenvalue weighted by Crippen LogP contribution is 2.17. The molecule has 0 atom stereocenters. The molecule has 3 rings (SSSR count). The molecule has 0 aliphatic carbocycles. The number of aryl methyl sites for hydroxylation is 1. The number of nitrogens with one attached hydrogen (secondary N) is 2. The molecule has 2 aromatic carbocycles. The number of amides is 2. The molecule has 0 aliphatic rings. The van der Waals surface area contributed by atoms with Crippen molar-refractivity contribution in [2.45, 2.75) is 6.42 Å². The van der Waals surface area contributed by atoms with E-state index >= 15 is 0 Å². The number of rotatable bonds is 7. The van der Waals surface area contributed by atoms with E-state index in [1.807, 2.05) is 30.3 Å². The number of hydrogen-bond donors (Lipinski definition) is 2. The van der Waals surface area contributed by atoms with Crippen molar-refractivity contribution >= 4 is 17.5 Å². The third-order valence-corrected chi connectivity index (χ3v) is 4.18. The number of benzene rings is 2. The first-order valence-corrected chi connectivity index (χ1v) is 8.88. The third kappa shape index (κ3) is 4.76. The lowest BCUT2D eigenvalue weighted by Gasteiger charge is -2.08. The minimum atomic E-state index is -0.329. The number of ether oxygens (including phenoxy) is 1. The third-order valence-electron chi connectivity index (χ3n) is 4.18. The van der Waals surface area contributed by atoms with Crippen molar-refractivity contribution in [2.75, 3.05) is 19.0 Å². The van der Waals surface area contributed by atoms with Crippen molar-refractivity contribution < 1.29 is 14.3 Å². The van der Waals surface area contributed by atoms with E-state index < -0.39 is 0 Å². The normalized spacial score (nSPS) is 10.4. The predicted octanol–water partition coefficient (Wildman–Crippen LogP) is 2.65. The number of hydrogen-bond acceptors (Lipinski definition) is 4. The molecule has 1 aromatic heterocycles. The van der Waals surface area contributed by atoms with E-state index in [2.05, 4.69) is 15.7 Å². The van der Waals surface area contributed by atoms with Crippen molar-refractivity contribution in [1.29, 1.82) is 0 Å². The number of aromatic nitrogens is 2. The Morgan fingerprint density at radius 2 is 1.75 bits per heavy atom. The smallest absolute Gasteiger partial charge is 0.262 e. The first kappa shape index (κ1) is 19.2. The Bertz CT molecular complexity index is 950. The molecule has 2 N–H and O–H groups in total. The molecule has 28 heavy (non-hydrogen) atoms. The summed E-state index contributed by atoms with van der Waals surface area (Å²) in [5.41, 5.74) is 2.63. The molecule has 0 saturated carbocycles. The number of carbonyl (C=O) groups excluding carboxylic acids is 2. The lowest BCUT2D eigenvalue weighted by atomic mass is 10.1. The van der Waals surface area contributed by atoms with Crippen LogP contribution in [0.1, 0.15) is 26.3 Å². The summed E-state index contributed by atoms with van der Waals surface area (Å²) in [6.45, 7) is 0.558. The monoisotopic (exact) mass is 378 g/mol. The molecule has 0 unspecified atom stereocenters. The minimum Gasteiger partial charge on any atom is -0.479 e. The fourth-order valence-corrected chi connectivity index (χ4v) is 2.75. The van der Waals surface area contributed by atoms with Gasteiger partial charge in [0.15, 0.2) is 0 Å². The van der Waals surface area contributed by atoms with Crippen LogP contribution < -0.4 is 15.4 Å². The summed E-state index contributed by atoms with van der Waals surface area (Å²) in [6, 6.07) is 16.7. The van der Waals surface area contributed by atoms with Crippen LogP contribution in [0.3, 0.4) is 0 Å². The van der Waals surface area contributed by atoms with Crippen LogP contribution in [-0.4, -0.2) is 35.2 Å². The van der Waals surface area contributed by atoms with E-state index in [-0.39, 0.29) is 17.7 Å². The maximum absolute atomic E-state index is 12.4. The number of carbonyl (C=O) groups is 2. The van der Waals surface area contributed by atoms with Crippen LogP contribution >= 0.6 is 0 Å². The van der Waals surface area contributed by atoms with E-state index in [0.29, 0.717) is 23.4 Å². The number of nitrogens with zero attached hydrogens (tertiary/aromatic N) is 2. The van der Waals surface area contributed by atoms with E-state index in [0.717, 1.165) is 6.42 Å². The highest BCUT2D eigenvalue weighted by Gasteiger charge is 2.16. The van der Waals surface area contributed by atoms with Gasteiger partial charge in [-0.05, 0) is 36.2 Å². The van der Waals surface area contributed by atoms with Gasteiger partial charge in [0.25, 0.3) is 11.8 Å². The first-order valence-electron chi connectivity index (χ1n) is 8.88. The van der Waals surface area contributed by atoms with Gasteiger partial charge in [0.05, 0.1) is 7.11 Å². The van der Waals surface area contributed by atoms with Crippen molar-refractivity contribution in [3.05, 3.63) is 77.5 Å². The van der Waals surface area contributed by atoms with Gasteiger partial charge in [-0.1, -0.05) is 30.3 Å². The van der Waals surface area contributed by atoms with Gasteiger partial charge < -0.3 is 15.4 Å². The van der Waals surface area contributed by atoms with E-state index in [4.69, 9.17) is 4.74 Å². The molecular formula is C21H22N4O3. The molecule has 0 aliphatic heterocycles. The van der Waals surface area contributed by atoms with Crippen LogP contribution in [0, 0.1) is 0 Å². The highest BCUT2D eigenvalue weighted by molar-refractivity contribution is 6.06. The highest BCUT2D eigenvalue weighted by atomic mass is 16.5. The zero-order chi connectivity index (χ0) is 19.9. The second-order valence-corrected chi connectivity index (χ2v) is 6.25. The van der Waals surface area contributed by atoms with Gasteiger partial charge in [-0.15, -0.1) is 5.10 Å². The molecule has 1 heterocycles. The molecular weight excluding hydrogens is 356 g/mol. The molecule has 2 amide bonds. The maximum Gasteiger partial charge on any atom is 0.262 e. The second kappa shape index (κ2) is 8.85. The fourth-order valence-electron chi connectivity index (χ4n) is 2.75. The molecule has 0 fully saturated rings. The van der Waals surface area contributed by atoms with Crippen LogP contribution in [-0.2, 0) is 13.5 Å². The van der Waals surface area contributed by atoms with Gasteiger partial charge in [-0.25, -0.2) is 0 Å². The van der Waals surface area contributed by atoms with Gasteiger partial charge in [-0.3, -0.25) is 14.3 Å². The number of anilines is 1. The molecule has 0 spiro atoms. The lowest BCUT2D eigenvalue weighted by molar-refractivity contribution is 0.0953. The maximum atomic E-state index is 12.4. The van der Waals surface area contributed by atoms with Crippen LogP contribution in [0.15, 0.2) is 60.8 Å². The molecule has 0 radical (unpaired) electrons. The van der Waals surface area contributed by atoms with Crippen LogP contribution in [0.25, 0.3) is 0 Å². The average Bonchev–Trinajstić information content (AvgIpc) is 3.10. The Labute approximate surface area is 163 Å². The van der Waals surface area contributed by atoms with Gasteiger partial charge >= 0.3 is 0 Å². The van der Waals surface area contributed by atoms with Crippen molar-refractivity contribution in [3.63, 3.8) is 0 Å². The van der Waals surface area contributed by atoms with Crippen LogP contribution in [0.4, 0.5) is 5.69 Å². The molecule has 0 bridgehead atoms. The molecule has 144 valence electrons. The second-order valence-electron chi connectivity index (χ2n) is 6.25. The Morgan fingerprint density at radius 1 is 1.04 bits per heavy atom. The Kier molecular flexibility index (Phi) is 6.06. The summed E-state index contributed by atoms with van der Waals surface area (Å²) >= 11 is 0. The fraction of sp³-hybridized carbons (Fsp3) is 0.190. The van der Waals surface area contributed by atoms with Gasteiger partial charge in [-0.2, -0.15) is 0 Å². The summed E-state index contributed by atoms with van der Waals surface area (Å²) in [6.07, 6.45) is 2.36. The quantitative estimate of drug-likeness (QED) is 0.662. The Morgan fingerprint density at radius 3 is 2.43 bits per heavy atom. The summed E-state index contributed by atoms with van der Waals surface area (Å²) in [4.78, 5) is 24.6. The average molecular weight is 378 g/mol. The van der Waals surface area contributed by atoms with Gasteiger partial charge in [0.2, 0.25) is 5.88 Å². The Hall–Kier alpha value is -3.61. The van der Waals surface area contributed by atoms with Crippen molar-refractivity contribution in [1.82, 2.24) is 15.1 Å². The minimum absolute atomic E-state index is 0.150. The van der Waals surface area contributed by atoms with E-state index in [9.17, 15) is 9.59 Å². The molecule has 7 heteroatoms. The lowest BCUT2D eigenvalue weighted by Crippen LogP contribution is -2.25. The van der Waals surface area contributed by atoms with Gasteiger partial charge in [0, 0.05) is 31.0 Å². The SMILES string of the molecule is COc1nn(C)cc1C(=O)Nc1ccc(C(=O)NCCc2ccccc2)cc1. The predicted molar refractivity (Wildman–Crippen MR) is 107 cm³/mol. The van der Waals surface area contributed by atoms with Crippen molar-refractivity contribution in [2.24, 2.45) is 7.05 Å². The summed E-state index contributed by atoms with van der Waals surface area (Å²) < 4.78 is 6.61. The van der Waals surface area contributed by atoms with E-state index in [1.165, 1.54) is 17.4 Å². The van der Waals surface area contributed by atoms with E-state index in [1.54, 1.807) is 37.5 Å². The summed E-state index contributed by atoms with van der Waals surface area (Å²) in [5.74, 6) is -0.220. The molecule has 3 aromatic rings. The molecule has 0 saturated heterocycles. The summed E-state index contributed by atoms with van der Waals surface area (Å²) in [7, 11) is 3.18. The van der Waals surface area contributed by atoms with Crippen LogP contribution in [0.2, 0.25) is 0 Å². The largest absolute Gasteiger partial charge is 0.479 e. The standard InChI is InChI=1S/C21H22N4O3/c1-25-14-18(21(24-25)28-2)20(27)23-17-10-8-16(9-11-17)19(26)22-13-12-15-6-4-3-5-7-15/h3-11,14H,12-13H2,1-2H3,(H,22,26)(H,23,27). The zero-order valence-corrected chi connectivity index (χ0v) is 15.8. The summed E-state index contributed by atoms with van der Waals surface area (Å²) in [5, 5.41) is 9.73. The van der Waals surface area contributed by atoms with Crippen LogP contribution in [0.5, 0.6) is 5.88 Å². The topological polar surface area (TPSA) is 85.2 Å². The van der Waals surface area contributed by atoms with Crippen molar-refractivity contribution in [3.8, 4) is 5.88 Å². The van der Waals surface area contributed by atoms with Gasteiger partial charge in [0.1, 0.15) is 5.56 Å². The zero-order valence-electron chi connectivity index (χ0n) is 15.8. The first-order chi connectivity index (χ1) is 13.6. The number of methoxy groups -OCH3 is 1. The Balaban J connectivity index is 1.55. The molecule has 7 nitrogen and oxygen atoms in total.